The molecule has 0 heterocycles. The smallest absolute Gasteiger partial charge is 0.0554 e. The van der Waals surface area contributed by atoms with Crippen LogP contribution in [0.2, 0.25) is 0 Å². The van der Waals surface area contributed by atoms with Gasteiger partial charge >= 0.3 is 0 Å². The van der Waals surface area contributed by atoms with Crippen molar-refractivity contribution < 1.29 is 0 Å². The van der Waals surface area contributed by atoms with E-state index in [0.717, 1.165) is 0 Å². The van der Waals surface area contributed by atoms with Gasteiger partial charge in [0.15, 0.2) is 0 Å². The summed E-state index contributed by atoms with van der Waals surface area (Å²) in [5.74, 6) is 2.36. The summed E-state index contributed by atoms with van der Waals surface area (Å²) in [6, 6.07) is 0. The summed E-state index contributed by atoms with van der Waals surface area (Å²) in [6.07, 6.45) is 11.7. The Morgan fingerprint density at radius 1 is 0.875 bits per heavy atom. The lowest BCUT2D eigenvalue weighted by atomic mass is 10.2. The number of nitriles is 1. The number of rotatable bonds is 10. The van der Waals surface area contributed by atoms with Crippen molar-refractivity contribution in [2.24, 2.45) is 0 Å². The fourth-order valence-electron chi connectivity index (χ4n) is 2.07. The Morgan fingerprint density at radius 3 is 1.50 bits per heavy atom. The minimum atomic E-state index is -1.03. The van der Waals surface area contributed by atoms with Crippen LogP contribution in [-0.2, 0) is 0 Å². The topological polar surface area (TPSA) is 23.8 Å². The lowest BCUT2D eigenvalue weighted by Crippen LogP contribution is -2.14. The molecule has 0 saturated carbocycles. The van der Waals surface area contributed by atoms with Crippen LogP contribution in [0.1, 0.15) is 59.3 Å². The fourth-order valence-corrected chi connectivity index (χ4v) is 6.21. The van der Waals surface area contributed by atoms with Gasteiger partial charge in [0.1, 0.15) is 0 Å². The molecule has 92 valence electrons. The van der Waals surface area contributed by atoms with E-state index in [1.165, 1.54) is 57.0 Å². The summed E-state index contributed by atoms with van der Waals surface area (Å²) in [5, 5.41) is 9.02. The summed E-state index contributed by atoms with van der Waals surface area (Å²) >= 11 is 0. The molecule has 0 spiro atoms. The van der Waals surface area contributed by atoms with Crippen LogP contribution in [-0.4, -0.2) is 25.5 Å². The molecule has 0 aliphatic rings. The monoisotopic (exact) mass is 239 g/mol. The maximum atomic E-state index is 9.02. The Bertz CT molecular complexity index is 179. The molecule has 16 heavy (non-hydrogen) atoms. The average molecular weight is 239 g/mol. The molecule has 0 N–H and O–H groups in total. The molecule has 0 rings (SSSR count). The number of unbranched alkanes of at least 4 members (excludes halogenated alkanes) is 3. The fraction of sp³-hybridized carbons (Fsp3) is 0.923. The molecular weight excluding hydrogens is 212 g/mol. The summed E-state index contributed by atoms with van der Waals surface area (Å²) in [7, 11) is -1.03. The first-order valence-electron chi connectivity index (χ1n) is 6.84. The highest BCUT2D eigenvalue weighted by molar-refractivity contribution is 8.01. The molecule has 0 saturated heterocycles. The Balaban J connectivity index is 4.39. The van der Waals surface area contributed by atoms with E-state index < -0.39 is 7.14 Å². The molecule has 0 unspecified atom stereocenters. The zero-order valence-electron chi connectivity index (χ0n) is 11.3. The Labute approximate surface area is 104 Å². The zero-order chi connectivity index (χ0) is 12.3. The molecule has 0 aromatic rings. The molecule has 0 aromatic carbocycles. The Morgan fingerprint density at radius 2 is 1.25 bits per heavy atom. The number of nitrogens with zero attached hydrogens (tertiary/aromatic N) is 1. The maximum absolute atomic E-state index is 9.02. The minimum Gasteiger partial charge on any atom is -0.252 e. The third-order valence-corrected chi connectivity index (χ3v) is 7.49. The van der Waals surface area contributed by atoms with Crippen molar-refractivity contribution in [3.63, 3.8) is 0 Å². The van der Waals surface area contributed by atoms with Crippen LogP contribution in [0.25, 0.3) is 0 Å². The second kappa shape index (κ2) is 10.2. The molecular formula is C13H27BNP. The molecule has 0 bridgehead atoms. The third-order valence-electron chi connectivity index (χ3n) is 3.20. The quantitative estimate of drug-likeness (QED) is 0.406. The van der Waals surface area contributed by atoms with Crippen LogP contribution >= 0.6 is 7.14 Å². The van der Waals surface area contributed by atoms with Crippen LogP contribution in [0.15, 0.2) is 0 Å². The first kappa shape index (κ1) is 16.0. The van der Waals surface area contributed by atoms with E-state index in [1.54, 1.807) is 0 Å². The third kappa shape index (κ3) is 6.54. The van der Waals surface area contributed by atoms with Gasteiger partial charge in [0.25, 0.3) is 0 Å². The van der Waals surface area contributed by atoms with Crippen molar-refractivity contribution in [2.45, 2.75) is 59.3 Å². The highest BCUT2D eigenvalue weighted by atomic mass is 31.2. The van der Waals surface area contributed by atoms with Gasteiger partial charge in [0, 0.05) is 18.5 Å². The molecule has 0 aromatic heterocycles. The van der Waals surface area contributed by atoms with E-state index in [0.29, 0.717) is 0 Å². The summed E-state index contributed by atoms with van der Waals surface area (Å²) in [6.45, 7) is 8.80. The van der Waals surface area contributed by atoms with Gasteiger partial charge in [-0.1, -0.05) is 40.0 Å². The van der Waals surface area contributed by atoms with Crippen LogP contribution in [0, 0.1) is 11.2 Å². The average Bonchev–Trinajstić information content (AvgIpc) is 2.31. The molecule has 0 fully saturated rings. The van der Waals surface area contributed by atoms with Crippen LogP contribution in [0.3, 0.4) is 0 Å². The van der Waals surface area contributed by atoms with Crippen molar-refractivity contribution in [2.75, 3.05) is 18.5 Å². The minimum absolute atomic E-state index is 1.03. The van der Waals surface area contributed by atoms with Crippen molar-refractivity contribution in [1.82, 2.24) is 0 Å². The van der Waals surface area contributed by atoms with E-state index >= 15 is 0 Å². The molecule has 1 nitrogen and oxygen atoms in total. The second-order valence-corrected chi connectivity index (χ2v) is 8.75. The summed E-state index contributed by atoms with van der Waals surface area (Å²) < 4.78 is 0. The van der Waals surface area contributed by atoms with Gasteiger partial charge in [0.05, 0.1) is 7.00 Å². The molecule has 2 radical (unpaired) electrons. The van der Waals surface area contributed by atoms with Gasteiger partial charge in [-0.15, -0.1) is 0 Å². The van der Waals surface area contributed by atoms with E-state index in [1.807, 2.05) is 7.00 Å². The second-order valence-electron chi connectivity index (χ2n) is 4.71. The normalized spacial score (nSPS) is 11.4. The van der Waals surface area contributed by atoms with E-state index in [-0.39, 0.29) is 0 Å². The van der Waals surface area contributed by atoms with Gasteiger partial charge < -0.3 is 0 Å². The zero-order valence-corrected chi connectivity index (χ0v) is 12.2. The standard InChI is InChI=1S/C13H27BNP/c1-4-7-10-16(14-13-15,11-8-5-2)12-9-6-3/h4-12H2,1-3H3. The van der Waals surface area contributed by atoms with Crippen molar-refractivity contribution >= 4 is 14.1 Å². The molecule has 0 amide bonds. The summed E-state index contributed by atoms with van der Waals surface area (Å²) in [4.78, 5) is 0. The largest absolute Gasteiger partial charge is 0.252 e. The van der Waals surface area contributed by atoms with Gasteiger partial charge in [-0.3, -0.25) is 5.26 Å². The highest BCUT2D eigenvalue weighted by Crippen LogP contribution is 2.58. The first-order valence-corrected chi connectivity index (χ1v) is 9.25. The number of hydrogen-bond acceptors (Lipinski definition) is 1. The Hall–Kier alpha value is -0.0151. The maximum Gasteiger partial charge on any atom is 0.0554 e. The SMILES string of the molecule is CCCC[P+]([B-]C#N)(CCCC)CCCC. The van der Waals surface area contributed by atoms with Crippen molar-refractivity contribution in [1.29, 1.82) is 5.26 Å². The highest BCUT2D eigenvalue weighted by Gasteiger charge is 2.24. The van der Waals surface area contributed by atoms with Crippen molar-refractivity contribution in [3.05, 3.63) is 0 Å². The molecule has 3 heteroatoms. The summed E-state index contributed by atoms with van der Waals surface area (Å²) in [5.41, 5.74) is 0. The molecule has 0 aliphatic carbocycles. The lowest BCUT2D eigenvalue weighted by Gasteiger charge is -2.36. The predicted molar refractivity (Wildman–Crippen MR) is 77.6 cm³/mol. The van der Waals surface area contributed by atoms with Gasteiger partial charge in [-0.2, -0.15) is 13.1 Å². The van der Waals surface area contributed by atoms with Gasteiger partial charge in [-0.05, 0) is 19.3 Å². The molecule has 0 atom stereocenters. The first-order chi connectivity index (χ1) is 7.74. The van der Waals surface area contributed by atoms with Gasteiger partial charge in [-0.25, -0.2) is 0 Å². The predicted octanol–water partition coefficient (Wildman–Crippen LogP) is 4.50. The number of hydrogen-bond donors (Lipinski definition) is 0. The Kier molecular flexibility index (Phi) is 10.1. The van der Waals surface area contributed by atoms with Crippen molar-refractivity contribution in [3.8, 4) is 5.97 Å². The van der Waals surface area contributed by atoms with Crippen LogP contribution < -0.4 is 0 Å². The molecule has 0 aliphatic heterocycles. The van der Waals surface area contributed by atoms with E-state index in [2.05, 4.69) is 26.7 Å². The van der Waals surface area contributed by atoms with Crippen LogP contribution in [0.4, 0.5) is 0 Å². The lowest BCUT2D eigenvalue weighted by molar-refractivity contribution is 0.843. The van der Waals surface area contributed by atoms with E-state index in [9.17, 15) is 0 Å². The van der Waals surface area contributed by atoms with E-state index in [4.69, 9.17) is 5.26 Å². The van der Waals surface area contributed by atoms with Crippen LogP contribution in [0.5, 0.6) is 0 Å². The van der Waals surface area contributed by atoms with Gasteiger partial charge in [0.2, 0.25) is 0 Å².